The van der Waals surface area contributed by atoms with Crippen molar-refractivity contribution < 1.29 is 14.3 Å². The zero-order chi connectivity index (χ0) is 14.5. The first kappa shape index (κ1) is 14.8. The number of fused-ring (bicyclic) bond motifs is 1. The van der Waals surface area contributed by atoms with Crippen LogP contribution in [0.25, 0.3) is 0 Å². The smallest absolute Gasteiger partial charge is 0.265 e. The van der Waals surface area contributed by atoms with E-state index in [9.17, 15) is 9.59 Å². The molecule has 108 valence electrons. The van der Waals surface area contributed by atoms with Crippen LogP contribution in [-0.2, 0) is 9.59 Å². The maximum absolute atomic E-state index is 11.9. The van der Waals surface area contributed by atoms with Gasteiger partial charge < -0.3 is 9.64 Å². The Morgan fingerprint density at radius 1 is 1.45 bits per heavy atom. The van der Waals surface area contributed by atoms with E-state index in [1.807, 2.05) is 18.2 Å². The predicted molar refractivity (Wildman–Crippen MR) is 78.2 cm³/mol. The first-order valence-corrected chi connectivity index (χ1v) is 7.13. The Balaban J connectivity index is 1.99. The SMILES string of the molecule is NNC(=O)CCCCN1C(=O)COc2ccc(Br)cc21. The van der Waals surface area contributed by atoms with E-state index in [1.165, 1.54) is 0 Å². The molecule has 1 heterocycles. The number of nitrogens with one attached hydrogen (secondary N) is 1. The molecule has 0 saturated carbocycles. The van der Waals surface area contributed by atoms with Crippen LogP contribution in [0, 0.1) is 0 Å². The van der Waals surface area contributed by atoms with Gasteiger partial charge in [-0.25, -0.2) is 5.84 Å². The Bertz CT molecular complexity index is 522. The molecule has 2 amide bonds. The van der Waals surface area contributed by atoms with Crippen LogP contribution < -0.4 is 20.9 Å². The van der Waals surface area contributed by atoms with Gasteiger partial charge in [0.05, 0.1) is 5.69 Å². The molecule has 0 spiro atoms. The highest BCUT2D eigenvalue weighted by Gasteiger charge is 2.25. The number of rotatable bonds is 5. The van der Waals surface area contributed by atoms with Gasteiger partial charge in [-0.1, -0.05) is 15.9 Å². The minimum atomic E-state index is -0.193. The second-order valence-corrected chi connectivity index (χ2v) is 5.39. The third-order valence-corrected chi connectivity index (χ3v) is 3.55. The molecule has 3 N–H and O–H groups in total. The van der Waals surface area contributed by atoms with E-state index in [1.54, 1.807) is 4.90 Å². The number of hydrogen-bond acceptors (Lipinski definition) is 4. The summed E-state index contributed by atoms with van der Waals surface area (Å²) < 4.78 is 6.28. The number of benzene rings is 1. The number of ether oxygens (including phenoxy) is 1. The standard InChI is InChI=1S/C13H16BrN3O3/c14-9-4-5-11-10(7-9)17(13(19)8-20-11)6-2-1-3-12(18)16-15/h4-5,7H,1-3,6,8,15H2,(H,16,18). The maximum atomic E-state index is 11.9. The molecule has 1 aromatic rings. The molecule has 0 aliphatic carbocycles. The predicted octanol–water partition coefficient (Wildman–Crippen LogP) is 1.33. The highest BCUT2D eigenvalue weighted by Crippen LogP contribution is 2.34. The summed E-state index contributed by atoms with van der Waals surface area (Å²) in [5.41, 5.74) is 2.85. The van der Waals surface area contributed by atoms with Gasteiger partial charge in [-0.2, -0.15) is 0 Å². The molecule has 0 saturated heterocycles. The molecular weight excluding hydrogens is 326 g/mol. The zero-order valence-electron chi connectivity index (χ0n) is 10.9. The molecule has 2 rings (SSSR count). The van der Waals surface area contributed by atoms with Crippen molar-refractivity contribution >= 4 is 33.4 Å². The lowest BCUT2D eigenvalue weighted by Gasteiger charge is -2.29. The number of hydrogen-bond donors (Lipinski definition) is 2. The van der Waals surface area contributed by atoms with Crippen LogP contribution in [-0.4, -0.2) is 25.0 Å². The van der Waals surface area contributed by atoms with Gasteiger partial charge >= 0.3 is 0 Å². The summed E-state index contributed by atoms with van der Waals surface area (Å²) >= 11 is 3.39. The van der Waals surface area contributed by atoms with Crippen LogP contribution in [0.15, 0.2) is 22.7 Å². The topological polar surface area (TPSA) is 84.7 Å². The summed E-state index contributed by atoms with van der Waals surface area (Å²) in [4.78, 5) is 24.7. The van der Waals surface area contributed by atoms with Gasteiger partial charge in [0.15, 0.2) is 6.61 Å². The van der Waals surface area contributed by atoms with Gasteiger partial charge in [0.2, 0.25) is 5.91 Å². The van der Waals surface area contributed by atoms with Crippen molar-refractivity contribution in [3.8, 4) is 5.75 Å². The summed E-state index contributed by atoms with van der Waals surface area (Å²) in [6.45, 7) is 0.613. The molecule has 0 unspecified atom stereocenters. The first-order chi connectivity index (χ1) is 9.61. The molecule has 0 atom stereocenters. The van der Waals surface area contributed by atoms with Crippen molar-refractivity contribution in [3.63, 3.8) is 0 Å². The summed E-state index contributed by atoms with van der Waals surface area (Å²) in [5, 5.41) is 0. The number of hydrazine groups is 1. The van der Waals surface area contributed by atoms with Crippen molar-refractivity contribution in [1.82, 2.24) is 5.43 Å². The molecule has 0 bridgehead atoms. The highest BCUT2D eigenvalue weighted by atomic mass is 79.9. The average Bonchev–Trinajstić information content (AvgIpc) is 2.45. The van der Waals surface area contributed by atoms with E-state index in [0.29, 0.717) is 25.1 Å². The molecule has 0 aromatic heterocycles. The lowest BCUT2D eigenvalue weighted by molar-refractivity contribution is -0.121. The monoisotopic (exact) mass is 341 g/mol. The van der Waals surface area contributed by atoms with Gasteiger partial charge in [0, 0.05) is 17.4 Å². The fourth-order valence-electron chi connectivity index (χ4n) is 2.05. The number of anilines is 1. The highest BCUT2D eigenvalue weighted by molar-refractivity contribution is 9.10. The van der Waals surface area contributed by atoms with Crippen molar-refractivity contribution in [2.45, 2.75) is 19.3 Å². The molecular formula is C13H16BrN3O3. The van der Waals surface area contributed by atoms with Gasteiger partial charge in [-0.15, -0.1) is 0 Å². The average molecular weight is 342 g/mol. The Morgan fingerprint density at radius 3 is 3.00 bits per heavy atom. The number of nitrogens with zero attached hydrogens (tertiary/aromatic N) is 1. The lowest BCUT2D eigenvalue weighted by atomic mass is 10.2. The van der Waals surface area contributed by atoms with Crippen molar-refractivity contribution in [2.75, 3.05) is 18.1 Å². The number of carbonyl (C=O) groups is 2. The van der Waals surface area contributed by atoms with Crippen LogP contribution >= 0.6 is 15.9 Å². The molecule has 0 radical (unpaired) electrons. The third kappa shape index (κ3) is 3.49. The molecule has 1 aliphatic heterocycles. The van der Waals surface area contributed by atoms with E-state index in [-0.39, 0.29) is 18.4 Å². The first-order valence-electron chi connectivity index (χ1n) is 6.34. The normalized spacial score (nSPS) is 13.7. The Kier molecular flexibility index (Phi) is 4.97. The van der Waals surface area contributed by atoms with Crippen molar-refractivity contribution in [3.05, 3.63) is 22.7 Å². The van der Waals surface area contributed by atoms with Crippen LogP contribution in [0.1, 0.15) is 19.3 Å². The Labute approximate surface area is 125 Å². The van der Waals surface area contributed by atoms with Crippen LogP contribution in [0.2, 0.25) is 0 Å². The van der Waals surface area contributed by atoms with Gasteiger partial charge in [-0.3, -0.25) is 15.0 Å². The van der Waals surface area contributed by atoms with E-state index < -0.39 is 0 Å². The lowest BCUT2D eigenvalue weighted by Crippen LogP contribution is -2.39. The van der Waals surface area contributed by atoms with E-state index in [0.717, 1.165) is 16.6 Å². The summed E-state index contributed by atoms with van der Waals surface area (Å²) in [6, 6.07) is 5.57. The number of nitrogens with two attached hydrogens (primary N) is 1. The van der Waals surface area contributed by atoms with Crippen molar-refractivity contribution in [2.24, 2.45) is 5.84 Å². The van der Waals surface area contributed by atoms with Gasteiger partial charge in [-0.05, 0) is 31.0 Å². The minimum absolute atomic E-state index is 0.0535. The fraction of sp³-hybridized carbons (Fsp3) is 0.385. The van der Waals surface area contributed by atoms with Crippen LogP contribution in [0.4, 0.5) is 5.69 Å². The second-order valence-electron chi connectivity index (χ2n) is 4.47. The molecule has 20 heavy (non-hydrogen) atoms. The number of unbranched alkanes of at least 4 members (excludes halogenated alkanes) is 1. The molecule has 7 heteroatoms. The third-order valence-electron chi connectivity index (χ3n) is 3.06. The fourth-order valence-corrected chi connectivity index (χ4v) is 2.40. The maximum Gasteiger partial charge on any atom is 0.265 e. The molecule has 6 nitrogen and oxygen atoms in total. The van der Waals surface area contributed by atoms with Crippen LogP contribution in [0.3, 0.4) is 0 Å². The largest absolute Gasteiger partial charge is 0.482 e. The van der Waals surface area contributed by atoms with E-state index in [4.69, 9.17) is 10.6 Å². The summed E-state index contributed by atoms with van der Waals surface area (Å²) in [6.07, 6.45) is 1.77. The minimum Gasteiger partial charge on any atom is -0.482 e. The summed E-state index contributed by atoms with van der Waals surface area (Å²) in [7, 11) is 0. The Hall–Kier alpha value is -1.60. The van der Waals surface area contributed by atoms with Gasteiger partial charge in [0.1, 0.15) is 5.75 Å². The van der Waals surface area contributed by atoms with Gasteiger partial charge in [0.25, 0.3) is 5.91 Å². The zero-order valence-corrected chi connectivity index (χ0v) is 12.5. The quantitative estimate of drug-likeness (QED) is 0.366. The number of halogens is 1. The second kappa shape index (κ2) is 6.71. The summed E-state index contributed by atoms with van der Waals surface area (Å²) in [5.74, 6) is 5.45. The Morgan fingerprint density at radius 2 is 2.25 bits per heavy atom. The molecule has 1 aliphatic rings. The van der Waals surface area contributed by atoms with Crippen molar-refractivity contribution in [1.29, 1.82) is 0 Å². The van der Waals surface area contributed by atoms with Crippen LogP contribution in [0.5, 0.6) is 5.75 Å². The number of carbonyl (C=O) groups excluding carboxylic acids is 2. The molecule has 0 fully saturated rings. The number of amides is 2. The molecule has 1 aromatic carbocycles. The van der Waals surface area contributed by atoms with E-state index in [2.05, 4.69) is 21.4 Å². The van der Waals surface area contributed by atoms with E-state index >= 15 is 0 Å².